The van der Waals surface area contributed by atoms with Crippen LogP contribution in [0.2, 0.25) is 0 Å². The molecule has 28 heavy (non-hydrogen) atoms. The summed E-state index contributed by atoms with van der Waals surface area (Å²) in [5.41, 5.74) is -0.0172. The molecule has 2 bridgehead atoms. The van der Waals surface area contributed by atoms with Gasteiger partial charge in [0.1, 0.15) is 0 Å². The second kappa shape index (κ2) is 13.4. The van der Waals surface area contributed by atoms with Crippen molar-refractivity contribution in [2.24, 2.45) is 11.8 Å². The van der Waals surface area contributed by atoms with E-state index in [2.05, 4.69) is 17.6 Å². The monoisotopic (exact) mass is 398 g/mol. The Balaban J connectivity index is 1.40. The third kappa shape index (κ3) is 9.57. The van der Waals surface area contributed by atoms with Crippen molar-refractivity contribution in [1.29, 1.82) is 0 Å². The summed E-state index contributed by atoms with van der Waals surface area (Å²) in [5.74, 6) is 1.63. The summed E-state index contributed by atoms with van der Waals surface area (Å²) < 4.78 is 16.1. The standard InChI is InChI=1S/C22H42N2O4/c1-3-26-12-13-28-15-14-27-11-6-4-5-10-23-21(25)24-22(2)17-19-8-7-9-20(16-19)18-22/h19-20H,3-18H2,1-2H3,(H2,23,24,25). The van der Waals surface area contributed by atoms with Crippen molar-refractivity contribution in [2.75, 3.05) is 46.2 Å². The Morgan fingerprint density at radius 3 is 2.25 bits per heavy atom. The Hall–Kier alpha value is -0.850. The van der Waals surface area contributed by atoms with E-state index in [4.69, 9.17) is 14.2 Å². The molecule has 2 saturated carbocycles. The highest BCUT2D eigenvalue weighted by molar-refractivity contribution is 5.74. The zero-order valence-electron chi connectivity index (χ0n) is 18.1. The normalized spacial score (nSPS) is 26.8. The number of nitrogens with one attached hydrogen (secondary N) is 2. The molecule has 2 amide bonds. The van der Waals surface area contributed by atoms with Crippen molar-refractivity contribution in [3.8, 4) is 0 Å². The molecule has 0 aliphatic heterocycles. The third-order valence-electron chi connectivity index (χ3n) is 5.98. The van der Waals surface area contributed by atoms with Crippen LogP contribution in [0.25, 0.3) is 0 Å². The number of unbranched alkanes of at least 4 members (excludes halogenated alkanes) is 2. The van der Waals surface area contributed by atoms with Gasteiger partial charge in [-0.15, -0.1) is 0 Å². The minimum absolute atomic E-state index is 0.00271. The lowest BCUT2D eigenvalue weighted by molar-refractivity contribution is 0.0162. The Kier molecular flexibility index (Phi) is 11.2. The van der Waals surface area contributed by atoms with Gasteiger partial charge in [0.2, 0.25) is 0 Å². The summed E-state index contributed by atoms with van der Waals surface area (Å²) >= 11 is 0. The number of hydrogen-bond acceptors (Lipinski definition) is 4. The van der Waals surface area contributed by atoms with Crippen molar-refractivity contribution in [2.45, 2.75) is 77.2 Å². The van der Waals surface area contributed by atoms with E-state index in [0.29, 0.717) is 26.4 Å². The molecule has 2 atom stereocenters. The minimum atomic E-state index is -0.0172. The highest BCUT2D eigenvalue weighted by Crippen LogP contribution is 2.44. The maximum absolute atomic E-state index is 12.3. The lowest BCUT2D eigenvalue weighted by atomic mass is 9.65. The molecule has 6 nitrogen and oxygen atoms in total. The summed E-state index contributed by atoms with van der Waals surface area (Å²) in [4.78, 5) is 12.3. The average Bonchev–Trinajstić information content (AvgIpc) is 2.64. The molecule has 2 rings (SSSR count). The molecule has 2 aliphatic carbocycles. The van der Waals surface area contributed by atoms with Crippen LogP contribution in [0.5, 0.6) is 0 Å². The van der Waals surface area contributed by atoms with Crippen molar-refractivity contribution in [3.63, 3.8) is 0 Å². The van der Waals surface area contributed by atoms with Crippen LogP contribution in [0.4, 0.5) is 4.79 Å². The van der Waals surface area contributed by atoms with Crippen LogP contribution < -0.4 is 10.6 Å². The molecule has 0 radical (unpaired) electrons. The molecule has 2 fully saturated rings. The first-order valence-corrected chi connectivity index (χ1v) is 11.4. The molecule has 0 aromatic rings. The number of urea groups is 1. The van der Waals surface area contributed by atoms with Gasteiger partial charge < -0.3 is 24.8 Å². The second-order valence-electron chi connectivity index (χ2n) is 8.73. The van der Waals surface area contributed by atoms with Crippen molar-refractivity contribution in [1.82, 2.24) is 10.6 Å². The third-order valence-corrected chi connectivity index (χ3v) is 5.98. The molecule has 0 heterocycles. The molecule has 164 valence electrons. The highest BCUT2D eigenvalue weighted by atomic mass is 16.5. The molecule has 2 N–H and O–H groups in total. The maximum atomic E-state index is 12.3. The molecular formula is C22H42N2O4. The molecular weight excluding hydrogens is 356 g/mol. The van der Waals surface area contributed by atoms with Gasteiger partial charge in [0.25, 0.3) is 0 Å². The van der Waals surface area contributed by atoms with Crippen LogP contribution in [0.1, 0.15) is 71.6 Å². The van der Waals surface area contributed by atoms with Crippen LogP contribution in [0, 0.1) is 11.8 Å². The summed E-state index contributed by atoms with van der Waals surface area (Å²) in [6.45, 7) is 8.96. The van der Waals surface area contributed by atoms with Gasteiger partial charge in [-0.3, -0.25) is 0 Å². The summed E-state index contributed by atoms with van der Waals surface area (Å²) in [6, 6.07) is 0.00271. The number of amides is 2. The predicted octanol–water partition coefficient (Wildman–Crippen LogP) is 3.88. The first-order chi connectivity index (χ1) is 13.6. The maximum Gasteiger partial charge on any atom is 0.315 e. The van der Waals surface area contributed by atoms with Gasteiger partial charge in [-0.2, -0.15) is 0 Å². The van der Waals surface area contributed by atoms with Crippen LogP contribution in [-0.4, -0.2) is 57.8 Å². The fraction of sp³-hybridized carbons (Fsp3) is 0.955. The number of ether oxygens (including phenoxy) is 3. The fourth-order valence-electron chi connectivity index (χ4n) is 4.84. The van der Waals surface area contributed by atoms with E-state index < -0.39 is 0 Å². The average molecular weight is 399 g/mol. The van der Waals surface area contributed by atoms with Gasteiger partial charge in [-0.25, -0.2) is 4.79 Å². The second-order valence-corrected chi connectivity index (χ2v) is 8.73. The lowest BCUT2D eigenvalue weighted by Crippen LogP contribution is -2.54. The Morgan fingerprint density at radius 1 is 0.929 bits per heavy atom. The largest absolute Gasteiger partial charge is 0.379 e. The lowest BCUT2D eigenvalue weighted by Gasteiger charge is -2.45. The predicted molar refractivity (Wildman–Crippen MR) is 112 cm³/mol. The topological polar surface area (TPSA) is 68.8 Å². The van der Waals surface area contributed by atoms with Crippen molar-refractivity contribution < 1.29 is 19.0 Å². The van der Waals surface area contributed by atoms with E-state index in [0.717, 1.165) is 63.7 Å². The molecule has 2 aliphatic rings. The highest BCUT2D eigenvalue weighted by Gasteiger charge is 2.39. The van der Waals surface area contributed by atoms with E-state index in [1.807, 2.05) is 6.92 Å². The van der Waals surface area contributed by atoms with Gasteiger partial charge in [0, 0.05) is 25.3 Å². The SMILES string of the molecule is CCOCCOCCOCCCCCNC(=O)NC1(C)CC2CCCC(C2)C1. The minimum Gasteiger partial charge on any atom is -0.379 e. The number of rotatable bonds is 14. The molecule has 0 spiro atoms. The van der Waals surface area contributed by atoms with Gasteiger partial charge in [-0.05, 0) is 64.2 Å². The Morgan fingerprint density at radius 2 is 1.57 bits per heavy atom. The summed E-state index contributed by atoms with van der Waals surface area (Å²) in [5, 5.41) is 6.30. The zero-order chi connectivity index (χ0) is 20.1. The van der Waals surface area contributed by atoms with Crippen LogP contribution >= 0.6 is 0 Å². The number of fused-ring (bicyclic) bond motifs is 2. The quantitative estimate of drug-likeness (QED) is 0.436. The van der Waals surface area contributed by atoms with Crippen LogP contribution in [-0.2, 0) is 14.2 Å². The number of hydrogen-bond donors (Lipinski definition) is 2. The smallest absolute Gasteiger partial charge is 0.315 e. The van der Waals surface area contributed by atoms with E-state index >= 15 is 0 Å². The zero-order valence-corrected chi connectivity index (χ0v) is 18.1. The van der Waals surface area contributed by atoms with Crippen molar-refractivity contribution >= 4 is 6.03 Å². The summed E-state index contributed by atoms with van der Waals surface area (Å²) in [7, 11) is 0. The van der Waals surface area contributed by atoms with E-state index in [9.17, 15) is 4.79 Å². The van der Waals surface area contributed by atoms with E-state index in [1.54, 1.807) is 0 Å². The molecule has 6 heteroatoms. The summed E-state index contributed by atoms with van der Waals surface area (Å²) in [6.07, 6.45) is 10.8. The first kappa shape index (κ1) is 23.4. The first-order valence-electron chi connectivity index (χ1n) is 11.4. The Labute approximate surface area is 171 Å². The molecule has 0 saturated heterocycles. The number of carbonyl (C=O) groups is 1. The van der Waals surface area contributed by atoms with Gasteiger partial charge in [-0.1, -0.05) is 19.3 Å². The molecule has 0 aromatic heterocycles. The number of carbonyl (C=O) groups excluding carboxylic acids is 1. The molecule has 2 unspecified atom stereocenters. The van der Waals surface area contributed by atoms with Gasteiger partial charge >= 0.3 is 6.03 Å². The van der Waals surface area contributed by atoms with Crippen molar-refractivity contribution in [3.05, 3.63) is 0 Å². The van der Waals surface area contributed by atoms with E-state index in [-0.39, 0.29) is 11.6 Å². The van der Waals surface area contributed by atoms with E-state index in [1.165, 1.54) is 25.7 Å². The van der Waals surface area contributed by atoms with Crippen LogP contribution in [0.3, 0.4) is 0 Å². The Bertz CT molecular complexity index is 421. The molecule has 0 aromatic carbocycles. The van der Waals surface area contributed by atoms with Gasteiger partial charge in [0.05, 0.1) is 26.4 Å². The fourth-order valence-corrected chi connectivity index (χ4v) is 4.84. The van der Waals surface area contributed by atoms with Crippen LogP contribution in [0.15, 0.2) is 0 Å². The van der Waals surface area contributed by atoms with Gasteiger partial charge in [0.15, 0.2) is 0 Å².